The largest absolute Gasteiger partial charge is 0.497 e. The van der Waals surface area contributed by atoms with Gasteiger partial charge in [0.2, 0.25) is 0 Å². The van der Waals surface area contributed by atoms with E-state index in [1.807, 2.05) is 24.3 Å². The van der Waals surface area contributed by atoms with E-state index < -0.39 is 0 Å². The average Bonchev–Trinajstić information content (AvgIpc) is 3.25. The van der Waals surface area contributed by atoms with Gasteiger partial charge in [-0.2, -0.15) is 5.10 Å². The van der Waals surface area contributed by atoms with Crippen molar-refractivity contribution >= 4 is 5.96 Å². The van der Waals surface area contributed by atoms with Crippen LogP contribution in [-0.4, -0.2) is 41.3 Å². The second kappa shape index (κ2) is 8.77. The zero-order valence-corrected chi connectivity index (χ0v) is 16.8. The molecule has 0 saturated carbocycles. The van der Waals surface area contributed by atoms with E-state index in [2.05, 4.69) is 55.1 Å². The number of hydrogen-bond acceptors (Lipinski definition) is 4. The minimum Gasteiger partial charge on any atom is -0.497 e. The second-order valence-electron chi connectivity index (χ2n) is 7.11. The Morgan fingerprint density at radius 2 is 1.97 bits per heavy atom. The molecule has 3 N–H and O–H groups in total. The van der Waals surface area contributed by atoms with Crippen LogP contribution in [-0.2, 0) is 19.4 Å². The Bertz CT molecular complexity index is 979. The zero-order valence-electron chi connectivity index (χ0n) is 16.8. The van der Waals surface area contributed by atoms with Crippen LogP contribution in [0.25, 0.3) is 11.4 Å². The number of nitrogens with one attached hydrogen (secondary N) is 3. The lowest BCUT2D eigenvalue weighted by Crippen LogP contribution is -2.45. The van der Waals surface area contributed by atoms with E-state index in [4.69, 9.17) is 4.74 Å². The van der Waals surface area contributed by atoms with Crippen molar-refractivity contribution in [1.29, 1.82) is 0 Å². The Balaban J connectivity index is 1.33. The molecular formula is C22H26N6O. The quantitative estimate of drug-likeness (QED) is 0.461. The van der Waals surface area contributed by atoms with Crippen molar-refractivity contribution in [2.24, 2.45) is 4.99 Å². The fraction of sp³-hybridized carbons (Fsp3) is 0.318. The second-order valence-corrected chi connectivity index (χ2v) is 7.11. The molecule has 3 aromatic rings. The van der Waals surface area contributed by atoms with E-state index in [9.17, 15) is 0 Å². The first kappa shape index (κ1) is 19.0. The number of guanidine groups is 1. The van der Waals surface area contributed by atoms with Gasteiger partial charge in [-0.3, -0.25) is 10.1 Å². The standard InChI is InChI=1S/C22H26N6O/c1-23-22(25-18-10-7-15-5-3-4-6-17(15)13-18)24-14-20-26-21(28-27-20)16-8-11-19(29-2)12-9-16/h3-6,8-9,11-12,18H,7,10,13-14H2,1-2H3,(H2,23,24,25)(H,26,27,28). The molecule has 1 aliphatic rings. The highest BCUT2D eigenvalue weighted by atomic mass is 16.5. The van der Waals surface area contributed by atoms with Gasteiger partial charge < -0.3 is 15.4 Å². The molecule has 1 aromatic heterocycles. The van der Waals surface area contributed by atoms with Crippen molar-refractivity contribution in [1.82, 2.24) is 25.8 Å². The number of benzene rings is 2. The summed E-state index contributed by atoms with van der Waals surface area (Å²) in [6.45, 7) is 0.520. The van der Waals surface area contributed by atoms with Crippen LogP contribution >= 0.6 is 0 Å². The van der Waals surface area contributed by atoms with Crippen molar-refractivity contribution in [2.75, 3.05) is 14.2 Å². The maximum absolute atomic E-state index is 5.19. The van der Waals surface area contributed by atoms with Gasteiger partial charge in [0.25, 0.3) is 0 Å². The third-order valence-corrected chi connectivity index (χ3v) is 5.21. The Hall–Kier alpha value is -3.35. The number of aromatic nitrogens is 3. The molecule has 0 spiro atoms. The summed E-state index contributed by atoms with van der Waals surface area (Å²) in [6, 6.07) is 16.7. The highest BCUT2D eigenvalue weighted by Crippen LogP contribution is 2.21. The van der Waals surface area contributed by atoms with E-state index in [-0.39, 0.29) is 0 Å². The van der Waals surface area contributed by atoms with Gasteiger partial charge in [-0.05, 0) is 54.7 Å². The number of ether oxygens (including phenoxy) is 1. The van der Waals surface area contributed by atoms with Gasteiger partial charge in [-0.25, -0.2) is 4.98 Å². The van der Waals surface area contributed by atoms with Crippen molar-refractivity contribution in [3.63, 3.8) is 0 Å². The topological polar surface area (TPSA) is 87.2 Å². The summed E-state index contributed by atoms with van der Waals surface area (Å²) >= 11 is 0. The van der Waals surface area contributed by atoms with Crippen molar-refractivity contribution in [3.05, 3.63) is 65.5 Å². The molecular weight excluding hydrogens is 364 g/mol. The Labute approximate surface area is 170 Å². The van der Waals surface area contributed by atoms with E-state index in [0.717, 1.165) is 42.4 Å². The predicted octanol–water partition coefficient (Wildman–Crippen LogP) is 2.70. The monoisotopic (exact) mass is 390 g/mol. The Morgan fingerprint density at radius 3 is 2.72 bits per heavy atom. The molecule has 1 unspecified atom stereocenters. The summed E-state index contributed by atoms with van der Waals surface area (Å²) in [5.41, 5.74) is 3.82. The summed E-state index contributed by atoms with van der Waals surface area (Å²) in [5, 5.41) is 14.2. The first-order valence-electron chi connectivity index (χ1n) is 9.85. The molecule has 0 saturated heterocycles. The molecule has 1 atom stereocenters. The van der Waals surface area contributed by atoms with Crippen molar-refractivity contribution in [2.45, 2.75) is 31.8 Å². The van der Waals surface area contributed by atoms with Crippen LogP contribution in [0.3, 0.4) is 0 Å². The fourth-order valence-electron chi connectivity index (χ4n) is 3.62. The van der Waals surface area contributed by atoms with Gasteiger partial charge in [0.1, 0.15) is 11.6 Å². The van der Waals surface area contributed by atoms with Crippen molar-refractivity contribution in [3.8, 4) is 17.1 Å². The third kappa shape index (κ3) is 4.56. The maximum atomic E-state index is 5.19. The molecule has 29 heavy (non-hydrogen) atoms. The van der Waals surface area contributed by atoms with Crippen LogP contribution in [0.2, 0.25) is 0 Å². The smallest absolute Gasteiger partial charge is 0.191 e. The average molecular weight is 390 g/mol. The van der Waals surface area contributed by atoms with Gasteiger partial charge in [-0.15, -0.1) is 0 Å². The van der Waals surface area contributed by atoms with Gasteiger partial charge in [0, 0.05) is 18.7 Å². The van der Waals surface area contributed by atoms with Crippen LogP contribution in [0.5, 0.6) is 5.75 Å². The third-order valence-electron chi connectivity index (χ3n) is 5.21. The van der Waals surface area contributed by atoms with E-state index in [1.165, 1.54) is 11.1 Å². The van der Waals surface area contributed by atoms with Gasteiger partial charge in [0.05, 0.1) is 13.7 Å². The molecule has 2 aromatic carbocycles. The number of nitrogens with zero attached hydrogens (tertiary/aromatic N) is 3. The summed E-state index contributed by atoms with van der Waals surface area (Å²) in [6.07, 6.45) is 3.21. The summed E-state index contributed by atoms with van der Waals surface area (Å²) in [7, 11) is 3.44. The molecule has 0 aliphatic heterocycles. The number of aromatic amines is 1. The minimum absolute atomic E-state index is 0.376. The number of hydrogen-bond donors (Lipinski definition) is 3. The molecule has 7 nitrogen and oxygen atoms in total. The van der Waals surface area contributed by atoms with E-state index in [0.29, 0.717) is 18.4 Å². The lowest BCUT2D eigenvalue weighted by Gasteiger charge is -2.27. The number of methoxy groups -OCH3 is 1. The molecule has 0 fully saturated rings. The summed E-state index contributed by atoms with van der Waals surface area (Å²) < 4.78 is 5.19. The normalized spacial score (nSPS) is 16.2. The first-order chi connectivity index (χ1) is 14.2. The molecule has 1 heterocycles. The van der Waals surface area contributed by atoms with Gasteiger partial charge >= 0.3 is 0 Å². The minimum atomic E-state index is 0.376. The predicted molar refractivity (Wildman–Crippen MR) is 114 cm³/mol. The van der Waals surface area contributed by atoms with Crippen LogP contribution in [0, 0.1) is 0 Å². The summed E-state index contributed by atoms with van der Waals surface area (Å²) in [5.74, 6) is 3.01. The summed E-state index contributed by atoms with van der Waals surface area (Å²) in [4.78, 5) is 8.92. The van der Waals surface area contributed by atoms with E-state index in [1.54, 1.807) is 14.2 Å². The molecule has 0 bridgehead atoms. The van der Waals surface area contributed by atoms with Gasteiger partial charge in [-0.1, -0.05) is 24.3 Å². The number of H-pyrrole nitrogens is 1. The molecule has 1 aliphatic carbocycles. The van der Waals surface area contributed by atoms with E-state index >= 15 is 0 Å². The SMILES string of the molecule is CN=C(NCc1nc(-c2ccc(OC)cc2)n[nH]1)NC1CCc2ccccc2C1. The van der Waals surface area contributed by atoms with Crippen LogP contribution in [0.15, 0.2) is 53.5 Å². The number of fused-ring (bicyclic) bond motifs is 1. The van der Waals surface area contributed by atoms with Crippen LogP contribution < -0.4 is 15.4 Å². The Kier molecular flexibility index (Phi) is 5.74. The number of aryl methyl sites for hydroxylation is 1. The molecule has 7 heteroatoms. The van der Waals surface area contributed by atoms with Crippen LogP contribution in [0.4, 0.5) is 0 Å². The molecule has 150 valence electrons. The van der Waals surface area contributed by atoms with Gasteiger partial charge in [0.15, 0.2) is 11.8 Å². The molecule has 0 amide bonds. The molecule has 0 radical (unpaired) electrons. The highest BCUT2D eigenvalue weighted by Gasteiger charge is 2.19. The van der Waals surface area contributed by atoms with Crippen molar-refractivity contribution < 1.29 is 4.74 Å². The number of aliphatic imine (C=N–C) groups is 1. The molecule has 4 rings (SSSR count). The number of rotatable bonds is 5. The maximum Gasteiger partial charge on any atom is 0.191 e. The lowest BCUT2D eigenvalue weighted by atomic mass is 9.88. The first-order valence-corrected chi connectivity index (χ1v) is 9.85. The van der Waals surface area contributed by atoms with Crippen LogP contribution in [0.1, 0.15) is 23.4 Å². The zero-order chi connectivity index (χ0) is 20.1. The highest BCUT2D eigenvalue weighted by molar-refractivity contribution is 5.80. The Morgan fingerprint density at radius 1 is 1.17 bits per heavy atom. The lowest BCUT2D eigenvalue weighted by molar-refractivity contribution is 0.415. The fourth-order valence-corrected chi connectivity index (χ4v) is 3.62.